The van der Waals surface area contributed by atoms with E-state index < -0.39 is 0 Å². The van der Waals surface area contributed by atoms with E-state index in [-0.39, 0.29) is 5.91 Å². The second-order valence-corrected chi connectivity index (χ2v) is 7.52. The van der Waals surface area contributed by atoms with Gasteiger partial charge in [-0.25, -0.2) is 4.98 Å². The molecule has 0 aliphatic heterocycles. The molecule has 3 rings (SSSR count). The molecule has 0 saturated carbocycles. The Balaban J connectivity index is 1.64. The average molecular weight is 412 g/mol. The van der Waals surface area contributed by atoms with Crippen LogP contribution in [-0.4, -0.2) is 44.1 Å². The number of carbonyl (C=O) groups is 1. The van der Waals surface area contributed by atoms with E-state index in [0.29, 0.717) is 17.1 Å². The van der Waals surface area contributed by atoms with Gasteiger partial charge in [-0.2, -0.15) is 0 Å². The second-order valence-electron chi connectivity index (χ2n) is 6.66. The Morgan fingerprint density at radius 3 is 2.45 bits per heavy atom. The van der Waals surface area contributed by atoms with Gasteiger partial charge in [-0.05, 0) is 42.9 Å². The van der Waals surface area contributed by atoms with Crippen molar-refractivity contribution >= 4 is 17.2 Å². The molecule has 0 aliphatic carbocycles. The van der Waals surface area contributed by atoms with Crippen molar-refractivity contribution in [3.8, 4) is 22.1 Å². The van der Waals surface area contributed by atoms with Gasteiger partial charge in [0.2, 0.25) is 0 Å². The number of rotatable bonds is 8. The van der Waals surface area contributed by atoms with Crippen LogP contribution in [0.4, 0.5) is 0 Å². The maximum atomic E-state index is 11.6. The van der Waals surface area contributed by atoms with Gasteiger partial charge < -0.3 is 14.8 Å². The monoisotopic (exact) mass is 411 g/mol. The van der Waals surface area contributed by atoms with Crippen LogP contribution in [0, 0.1) is 0 Å². The molecule has 0 bridgehead atoms. The van der Waals surface area contributed by atoms with Crippen LogP contribution in [-0.2, 0) is 13.1 Å². The predicted octanol–water partition coefficient (Wildman–Crippen LogP) is 3.82. The smallest absolute Gasteiger partial charge is 0.251 e. The number of hydrogen-bond acceptors (Lipinski definition) is 6. The van der Waals surface area contributed by atoms with Crippen LogP contribution < -0.4 is 14.8 Å². The van der Waals surface area contributed by atoms with E-state index in [0.717, 1.165) is 34.9 Å². The molecule has 0 atom stereocenters. The second kappa shape index (κ2) is 9.54. The fourth-order valence-electron chi connectivity index (χ4n) is 3.03. The average Bonchev–Trinajstić information content (AvgIpc) is 3.21. The van der Waals surface area contributed by atoms with Crippen molar-refractivity contribution in [1.29, 1.82) is 0 Å². The first kappa shape index (κ1) is 20.8. The quantitative estimate of drug-likeness (QED) is 0.611. The normalized spacial score (nSPS) is 10.8. The van der Waals surface area contributed by atoms with Gasteiger partial charge in [-0.3, -0.25) is 9.69 Å². The Morgan fingerprint density at radius 1 is 1.07 bits per heavy atom. The zero-order chi connectivity index (χ0) is 20.8. The van der Waals surface area contributed by atoms with E-state index in [9.17, 15) is 4.79 Å². The molecule has 1 N–H and O–H groups in total. The molecule has 1 aromatic heterocycles. The SMILES string of the molecule is CNC(=O)c1ccc(CN(C)Cc2csc(-c3ccc(OC)c(OC)c3)n2)cc1. The van der Waals surface area contributed by atoms with Gasteiger partial charge in [-0.1, -0.05) is 12.1 Å². The molecule has 0 saturated heterocycles. The van der Waals surface area contributed by atoms with E-state index >= 15 is 0 Å². The van der Waals surface area contributed by atoms with Crippen LogP contribution >= 0.6 is 11.3 Å². The number of carbonyl (C=O) groups excluding carboxylic acids is 1. The van der Waals surface area contributed by atoms with Crippen molar-refractivity contribution in [2.24, 2.45) is 0 Å². The first-order chi connectivity index (χ1) is 14.0. The molecule has 0 aliphatic rings. The van der Waals surface area contributed by atoms with Crippen molar-refractivity contribution in [3.05, 3.63) is 64.7 Å². The number of ether oxygens (including phenoxy) is 2. The number of benzene rings is 2. The van der Waals surface area contributed by atoms with Crippen LogP contribution in [0.3, 0.4) is 0 Å². The number of methoxy groups -OCH3 is 2. The van der Waals surface area contributed by atoms with Crippen molar-refractivity contribution in [1.82, 2.24) is 15.2 Å². The lowest BCUT2D eigenvalue weighted by atomic mass is 10.1. The van der Waals surface area contributed by atoms with Crippen LogP contribution in [0.15, 0.2) is 47.8 Å². The van der Waals surface area contributed by atoms with Gasteiger partial charge in [-0.15, -0.1) is 11.3 Å². The highest BCUT2D eigenvalue weighted by atomic mass is 32.1. The molecule has 2 aromatic carbocycles. The van der Waals surface area contributed by atoms with Crippen molar-refractivity contribution in [2.75, 3.05) is 28.3 Å². The minimum atomic E-state index is -0.0740. The topological polar surface area (TPSA) is 63.7 Å². The Kier molecular flexibility index (Phi) is 6.85. The fraction of sp³-hybridized carbons (Fsp3) is 0.273. The summed E-state index contributed by atoms with van der Waals surface area (Å²) in [7, 11) is 6.95. The number of aromatic nitrogens is 1. The molecular weight excluding hydrogens is 386 g/mol. The third kappa shape index (κ3) is 5.13. The van der Waals surface area contributed by atoms with E-state index in [1.165, 1.54) is 0 Å². The van der Waals surface area contributed by atoms with Crippen LogP contribution in [0.2, 0.25) is 0 Å². The molecule has 1 heterocycles. The largest absolute Gasteiger partial charge is 0.493 e. The summed E-state index contributed by atoms with van der Waals surface area (Å²) in [5.74, 6) is 1.32. The van der Waals surface area contributed by atoms with Crippen LogP contribution in [0.5, 0.6) is 11.5 Å². The lowest BCUT2D eigenvalue weighted by Crippen LogP contribution is -2.19. The molecule has 0 radical (unpaired) electrons. The lowest BCUT2D eigenvalue weighted by molar-refractivity contribution is 0.0963. The summed E-state index contributed by atoms with van der Waals surface area (Å²) in [5, 5.41) is 5.66. The number of amides is 1. The van der Waals surface area contributed by atoms with Gasteiger partial charge >= 0.3 is 0 Å². The van der Waals surface area contributed by atoms with E-state index in [1.54, 1.807) is 32.6 Å². The molecule has 0 fully saturated rings. The third-order valence-electron chi connectivity index (χ3n) is 4.51. The van der Waals surface area contributed by atoms with Gasteiger partial charge in [0, 0.05) is 36.6 Å². The molecule has 1 amide bonds. The summed E-state index contributed by atoms with van der Waals surface area (Å²) in [4.78, 5) is 18.6. The molecule has 29 heavy (non-hydrogen) atoms. The fourth-order valence-corrected chi connectivity index (χ4v) is 3.84. The maximum Gasteiger partial charge on any atom is 0.251 e. The van der Waals surface area contributed by atoms with Gasteiger partial charge in [0.05, 0.1) is 19.9 Å². The molecule has 152 valence electrons. The summed E-state index contributed by atoms with van der Waals surface area (Å²) < 4.78 is 10.7. The number of nitrogens with one attached hydrogen (secondary N) is 1. The van der Waals surface area contributed by atoms with Crippen molar-refractivity contribution in [2.45, 2.75) is 13.1 Å². The third-order valence-corrected chi connectivity index (χ3v) is 5.45. The van der Waals surface area contributed by atoms with E-state index in [4.69, 9.17) is 14.5 Å². The Bertz CT molecular complexity index is 970. The zero-order valence-electron chi connectivity index (χ0n) is 17.1. The first-order valence-corrected chi connectivity index (χ1v) is 10.1. The lowest BCUT2D eigenvalue weighted by Gasteiger charge is -2.15. The summed E-state index contributed by atoms with van der Waals surface area (Å²) in [6, 6.07) is 13.5. The summed E-state index contributed by atoms with van der Waals surface area (Å²) in [5.41, 5.74) is 3.84. The number of thiazole rings is 1. The van der Waals surface area contributed by atoms with Crippen LogP contribution in [0.25, 0.3) is 10.6 Å². The molecular formula is C22H25N3O3S. The highest BCUT2D eigenvalue weighted by Crippen LogP contribution is 2.33. The van der Waals surface area contributed by atoms with Crippen molar-refractivity contribution < 1.29 is 14.3 Å². The standard InChI is InChI=1S/C22H25N3O3S/c1-23-21(26)16-7-5-15(6-8-16)12-25(2)13-18-14-29-22(24-18)17-9-10-19(27-3)20(11-17)28-4/h5-11,14H,12-13H2,1-4H3,(H,23,26). The first-order valence-electron chi connectivity index (χ1n) is 9.20. The Labute approximate surface area is 175 Å². The Morgan fingerprint density at radius 2 is 1.79 bits per heavy atom. The van der Waals surface area contributed by atoms with E-state index in [1.807, 2.05) is 42.5 Å². The summed E-state index contributed by atoms with van der Waals surface area (Å²) in [6.45, 7) is 1.51. The van der Waals surface area contributed by atoms with Gasteiger partial charge in [0.1, 0.15) is 5.01 Å². The Hall–Kier alpha value is -2.90. The molecule has 3 aromatic rings. The molecule has 0 unspecified atom stereocenters. The number of hydrogen-bond donors (Lipinski definition) is 1. The van der Waals surface area contributed by atoms with Crippen LogP contribution in [0.1, 0.15) is 21.6 Å². The zero-order valence-corrected chi connectivity index (χ0v) is 17.9. The van der Waals surface area contributed by atoms with Gasteiger partial charge in [0.25, 0.3) is 5.91 Å². The summed E-state index contributed by atoms with van der Waals surface area (Å²) in [6.07, 6.45) is 0. The number of nitrogens with zero attached hydrogens (tertiary/aromatic N) is 2. The van der Waals surface area contributed by atoms with Gasteiger partial charge in [0.15, 0.2) is 11.5 Å². The highest BCUT2D eigenvalue weighted by Gasteiger charge is 2.11. The molecule has 7 heteroatoms. The highest BCUT2D eigenvalue weighted by molar-refractivity contribution is 7.13. The predicted molar refractivity (Wildman–Crippen MR) is 116 cm³/mol. The van der Waals surface area contributed by atoms with E-state index in [2.05, 4.69) is 22.6 Å². The minimum Gasteiger partial charge on any atom is -0.493 e. The minimum absolute atomic E-state index is 0.0740. The molecule has 0 spiro atoms. The maximum absolute atomic E-state index is 11.6. The molecule has 6 nitrogen and oxygen atoms in total. The summed E-state index contributed by atoms with van der Waals surface area (Å²) >= 11 is 1.61. The van der Waals surface area contributed by atoms with Crippen molar-refractivity contribution in [3.63, 3.8) is 0 Å².